The third-order valence-electron chi connectivity index (χ3n) is 17.4. The molecule has 5 unspecified atom stereocenters. The molecular weight excluding hydrogens is 1520 g/mol. The quantitative estimate of drug-likeness (QED) is 0.0155. The first-order chi connectivity index (χ1) is 54.2. The summed E-state index contributed by atoms with van der Waals surface area (Å²) in [4.78, 5) is 144. The summed E-state index contributed by atoms with van der Waals surface area (Å²) in [6.45, 7) is 10.7. The molecule has 0 aliphatic heterocycles. The first kappa shape index (κ1) is 107. The fraction of sp³-hybridized carbons (Fsp3) is 0.824. The summed E-state index contributed by atoms with van der Waals surface area (Å²) in [5.41, 5.74) is 46.2. The Hall–Kier alpha value is -5.17. The molecule has 0 aliphatic carbocycles. The van der Waals surface area contributed by atoms with E-state index in [-0.39, 0.29) is 106 Å². The molecule has 112 heavy (non-hydrogen) atoms. The molecule has 0 rings (SSSR count). The van der Waals surface area contributed by atoms with E-state index >= 15 is 0 Å². The summed E-state index contributed by atoms with van der Waals surface area (Å²) in [6, 6.07) is -3.73. The van der Waals surface area contributed by atoms with Crippen molar-refractivity contribution in [1.29, 1.82) is 0 Å². The topological polar surface area (TPSA) is 553 Å². The number of carbonyl (C=O) groups excluding carboxylic acids is 11. The van der Waals surface area contributed by atoms with Crippen molar-refractivity contribution in [1.82, 2.24) is 68.3 Å². The number of hydrogen-bond donors (Lipinski definition) is 19. The van der Waals surface area contributed by atoms with Crippen molar-refractivity contribution in [2.24, 2.45) is 45.9 Å². The maximum Gasteiger partial charge on any atom is 0.306 e. The molecular formula is C74H147N21O13S4. The standard InChI is InChI=1S/C74H147N21O13S4/c1-2-3-4-5-6-7-8-9-10-11-12-13-14-15-16-26-68(100)107-51-21-52-108-69(101)30-29-65(97)93-63(74(106)92-44-56-112-111-55-43-87-67(99)58-84-36-46-95(49-39-90-72(104)61(81)24-19-33-77)50-40-91-73(105)62(82)25-20-34-78)27-28-64(96)85-41-53-109-110-54-42-86-66(98)57-83-35-45-94(47-37-88-70(102)59(79)22-17-31-75)48-38-89-71(103)60(80)23-18-32-76/h9-10,59-63,83-84H,2-8,11-58,75-82H2,1H3,(H,85,96)(H,86,98)(H,87,99)(H,88,102)(H,89,103)(H,90,104)(H,91,105)(H,92,106)(H,93,97)/b10-9-. The minimum atomic E-state index is -1.09. The van der Waals surface area contributed by atoms with Crippen LogP contribution in [-0.2, 0) is 62.2 Å². The second-order valence-electron chi connectivity index (χ2n) is 27.3. The van der Waals surface area contributed by atoms with Crippen LogP contribution < -0.4 is 104 Å². The lowest BCUT2D eigenvalue weighted by Crippen LogP contribution is -2.47. The highest BCUT2D eigenvalue weighted by molar-refractivity contribution is 8.77. The van der Waals surface area contributed by atoms with Gasteiger partial charge in [0, 0.05) is 153 Å². The molecule has 34 nitrogen and oxygen atoms in total. The Morgan fingerprint density at radius 3 is 1.07 bits per heavy atom. The van der Waals surface area contributed by atoms with E-state index in [2.05, 4.69) is 77.6 Å². The largest absolute Gasteiger partial charge is 0.466 e. The van der Waals surface area contributed by atoms with Crippen LogP contribution in [-0.4, -0.2) is 285 Å². The van der Waals surface area contributed by atoms with Crippen molar-refractivity contribution in [2.75, 3.05) is 180 Å². The second-order valence-corrected chi connectivity index (χ2v) is 32.7. The zero-order valence-corrected chi connectivity index (χ0v) is 70.7. The molecule has 0 aromatic carbocycles. The predicted molar refractivity (Wildman–Crippen MR) is 454 cm³/mol. The number of amides is 9. The zero-order valence-electron chi connectivity index (χ0n) is 67.4. The molecule has 0 saturated carbocycles. The van der Waals surface area contributed by atoms with Gasteiger partial charge in [0.15, 0.2) is 0 Å². The monoisotopic (exact) mass is 1670 g/mol. The average Bonchev–Trinajstić information content (AvgIpc) is 0.929. The van der Waals surface area contributed by atoms with Crippen molar-refractivity contribution in [2.45, 2.75) is 210 Å². The van der Waals surface area contributed by atoms with Crippen LogP contribution in [0, 0.1) is 0 Å². The number of unbranched alkanes of at least 4 members (excludes halogenated alkanes) is 11. The molecule has 0 aromatic heterocycles. The number of carbonyl (C=O) groups is 11. The van der Waals surface area contributed by atoms with Gasteiger partial charge in [0.2, 0.25) is 53.2 Å². The Balaban J connectivity index is 5.17. The highest BCUT2D eigenvalue weighted by Crippen LogP contribution is 2.20. The van der Waals surface area contributed by atoms with Gasteiger partial charge in [-0.3, -0.25) is 62.5 Å². The minimum Gasteiger partial charge on any atom is -0.466 e. The molecule has 0 heterocycles. The number of allylic oxidation sites excluding steroid dienone is 2. The number of rotatable bonds is 79. The summed E-state index contributed by atoms with van der Waals surface area (Å²) in [6.07, 6.45) is 24.2. The lowest BCUT2D eigenvalue weighted by molar-refractivity contribution is -0.147. The molecule has 0 spiro atoms. The maximum atomic E-state index is 13.6. The third-order valence-corrected chi connectivity index (χ3v) is 22.2. The van der Waals surface area contributed by atoms with Crippen molar-refractivity contribution in [3.63, 3.8) is 0 Å². The number of nitrogens with one attached hydrogen (secondary N) is 11. The van der Waals surface area contributed by atoms with Crippen LogP contribution >= 0.6 is 43.2 Å². The van der Waals surface area contributed by atoms with Crippen LogP contribution in [0.1, 0.15) is 180 Å². The number of esters is 2. The van der Waals surface area contributed by atoms with Crippen molar-refractivity contribution >= 4 is 108 Å². The number of ether oxygens (including phenoxy) is 2. The Labute approximate surface area is 683 Å². The first-order valence-electron chi connectivity index (χ1n) is 40.8. The number of hydrogen-bond acceptors (Lipinski definition) is 29. The minimum absolute atomic E-state index is 0.00132. The molecule has 38 heteroatoms. The molecule has 0 radical (unpaired) electrons. The van der Waals surface area contributed by atoms with Gasteiger partial charge in [-0.1, -0.05) is 114 Å². The van der Waals surface area contributed by atoms with Crippen LogP contribution in [0.25, 0.3) is 0 Å². The average molecular weight is 1670 g/mol. The van der Waals surface area contributed by atoms with Crippen LogP contribution in [0.4, 0.5) is 0 Å². The van der Waals surface area contributed by atoms with Gasteiger partial charge in [0.1, 0.15) is 6.04 Å². The van der Waals surface area contributed by atoms with Crippen molar-refractivity contribution < 1.29 is 62.2 Å². The van der Waals surface area contributed by atoms with E-state index in [4.69, 9.17) is 55.3 Å². The van der Waals surface area contributed by atoms with Gasteiger partial charge in [-0.05, 0) is 116 Å². The molecule has 0 saturated heterocycles. The number of nitrogens with zero attached hydrogens (tertiary/aromatic N) is 2. The van der Waals surface area contributed by atoms with E-state index < -0.39 is 48.0 Å². The lowest BCUT2D eigenvalue weighted by Gasteiger charge is -2.24. The Morgan fingerprint density at radius 2 is 0.679 bits per heavy atom. The molecule has 0 aromatic rings. The molecule has 9 amide bonds. The van der Waals surface area contributed by atoms with Crippen LogP contribution in [0.15, 0.2) is 12.2 Å². The summed E-state index contributed by atoms with van der Waals surface area (Å²) < 4.78 is 10.6. The smallest absolute Gasteiger partial charge is 0.306 e. The molecule has 5 atom stereocenters. The van der Waals surface area contributed by atoms with Crippen LogP contribution in [0.5, 0.6) is 0 Å². The maximum absolute atomic E-state index is 13.6. The normalized spacial score (nSPS) is 12.7. The summed E-state index contributed by atoms with van der Waals surface area (Å²) in [7, 11) is 6.01. The first-order valence-corrected chi connectivity index (χ1v) is 45.8. The van der Waals surface area contributed by atoms with E-state index in [9.17, 15) is 52.7 Å². The van der Waals surface area contributed by atoms with Crippen molar-refractivity contribution in [3.8, 4) is 0 Å². The van der Waals surface area contributed by atoms with Gasteiger partial charge in [-0.2, -0.15) is 0 Å². The third kappa shape index (κ3) is 67.0. The highest BCUT2D eigenvalue weighted by Gasteiger charge is 2.24. The summed E-state index contributed by atoms with van der Waals surface area (Å²) >= 11 is 0. The van der Waals surface area contributed by atoms with Gasteiger partial charge in [0.25, 0.3) is 0 Å². The zero-order chi connectivity index (χ0) is 82.7. The summed E-state index contributed by atoms with van der Waals surface area (Å²) in [5.74, 6) is -1.61. The molecule has 650 valence electrons. The van der Waals surface area contributed by atoms with Gasteiger partial charge >= 0.3 is 11.9 Å². The van der Waals surface area contributed by atoms with Gasteiger partial charge in [-0.25, -0.2) is 0 Å². The van der Waals surface area contributed by atoms with Crippen molar-refractivity contribution in [3.05, 3.63) is 12.2 Å². The Bertz CT molecular complexity index is 2460. The van der Waals surface area contributed by atoms with Gasteiger partial charge < -0.3 is 114 Å². The van der Waals surface area contributed by atoms with Crippen LogP contribution in [0.3, 0.4) is 0 Å². The SMILES string of the molecule is CCCCCCCC/C=C\CCCCCCCC(=O)OCCCOC(=O)CCC(=O)NC(CCC(=O)NCCSSCCNC(=O)CNCCN(CCNC(=O)C(N)CCCN)CCNC(=O)C(N)CCCN)C(=O)NCCSSCCNC(=O)CNCCN(CCNC(=O)C(N)CCCN)CCNC(=O)C(N)CCCN. The number of nitrogens with two attached hydrogens (primary N) is 8. The van der Waals surface area contributed by atoms with Gasteiger partial charge in [0.05, 0.1) is 56.9 Å². The molecule has 0 aliphatic rings. The molecule has 0 bridgehead atoms. The van der Waals surface area contributed by atoms with E-state index in [1.807, 2.05) is 9.80 Å². The predicted octanol–water partition coefficient (Wildman–Crippen LogP) is -0.714. The van der Waals surface area contributed by atoms with E-state index in [0.717, 1.165) is 44.9 Å². The van der Waals surface area contributed by atoms with E-state index in [1.54, 1.807) is 0 Å². The lowest BCUT2D eigenvalue weighted by atomic mass is 10.1. The second kappa shape index (κ2) is 77.1. The van der Waals surface area contributed by atoms with E-state index in [1.165, 1.54) is 81.7 Å². The Morgan fingerprint density at radius 1 is 0.339 bits per heavy atom. The van der Waals surface area contributed by atoms with E-state index in [0.29, 0.717) is 212 Å². The highest BCUT2D eigenvalue weighted by atomic mass is 33.1. The fourth-order valence-electron chi connectivity index (χ4n) is 10.7. The molecule has 27 N–H and O–H groups in total. The van der Waals surface area contributed by atoms with Gasteiger partial charge in [-0.15, -0.1) is 0 Å². The summed E-state index contributed by atoms with van der Waals surface area (Å²) in [5, 5.41) is 31.8. The Kier molecular flexibility index (Phi) is 73.5. The fourth-order valence-corrected chi connectivity index (χ4v) is 14.4. The molecule has 0 fully saturated rings. The van der Waals surface area contributed by atoms with Crippen LogP contribution in [0.2, 0.25) is 0 Å².